The molecule has 0 spiro atoms. The van der Waals surface area contributed by atoms with E-state index in [9.17, 15) is 4.79 Å². The fourth-order valence-electron chi connectivity index (χ4n) is 1.88. The first-order chi connectivity index (χ1) is 4.96. The molecule has 1 aliphatic rings. The van der Waals surface area contributed by atoms with Crippen LogP contribution in [0, 0.1) is 11.8 Å². The number of hydrogen-bond acceptors (Lipinski definition) is 2. The van der Waals surface area contributed by atoms with Crippen LogP contribution in [0.2, 0.25) is 0 Å². The summed E-state index contributed by atoms with van der Waals surface area (Å²) < 4.78 is 0. The highest BCUT2D eigenvalue weighted by Crippen LogP contribution is 2.43. The second kappa shape index (κ2) is 2.48. The van der Waals surface area contributed by atoms with Gasteiger partial charge in [0.15, 0.2) is 0 Å². The molecule has 0 bridgehead atoms. The van der Waals surface area contributed by atoms with Crippen molar-refractivity contribution in [3.63, 3.8) is 0 Å². The van der Waals surface area contributed by atoms with Crippen LogP contribution in [0.5, 0.6) is 0 Å². The number of aliphatic carboxylic acids is 1. The highest BCUT2D eigenvalue weighted by Gasteiger charge is 2.47. The molecule has 0 amide bonds. The molecule has 0 aromatic heterocycles. The Morgan fingerprint density at radius 2 is 2.27 bits per heavy atom. The first-order valence-electron chi connectivity index (χ1n) is 3.96. The van der Waals surface area contributed by atoms with Crippen molar-refractivity contribution in [3.8, 4) is 0 Å². The summed E-state index contributed by atoms with van der Waals surface area (Å²) in [5.74, 6) is 0.143. The van der Waals surface area contributed by atoms with Crippen molar-refractivity contribution in [1.82, 2.24) is 0 Å². The van der Waals surface area contributed by atoms with Gasteiger partial charge in [0.25, 0.3) is 0 Å². The monoisotopic (exact) mass is 157 g/mol. The number of nitrogens with two attached hydrogens (primary N) is 1. The Balaban J connectivity index is 2.51. The second-order valence-electron chi connectivity index (χ2n) is 3.77. The van der Waals surface area contributed by atoms with E-state index in [2.05, 4.69) is 6.92 Å². The van der Waals surface area contributed by atoms with E-state index < -0.39 is 11.5 Å². The lowest BCUT2D eigenvalue weighted by Gasteiger charge is -2.49. The molecule has 0 radical (unpaired) electrons. The molecule has 64 valence electrons. The number of carboxylic acids is 1. The van der Waals surface area contributed by atoms with Crippen molar-refractivity contribution in [3.05, 3.63) is 0 Å². The van der Waals surface area contributed by atoms with Crippen LogP contribution >= 0.6 is 0 Å². The summed E-state index contributed by atoms with van der Waals surface area (Å²) in [4.78, 5) is 10.4. The van der Waals surface area contributed by atoms with Gasteiger partial charge in [-0.1, -0.05) is 13.8 Å². The zero-order chi connectivity index (χ0) is 8.65. The molecule has 0 aliphatic heterocycles. The van der Waals surface area contributed by atoms with Gasteiger partial charge in [-0.05, 0) is 18.3 Å². The van der Waals surface area contributed by atoms with E-state index in [1.54, 1.807) is 0 Å². The van der Waals surface area contributed by atoms with Crippen LogP contribution in [-0.2, 0) is 4.79 Å². The topological polar surface area (TPSA) is 63.3 Å². The molecule has 3 atom stereocenters. The van der Waals surface area contributed by atoms with Crippen LogP contribution in [0.1, 0.15) is 26.7 Å². The molecule has 1 saturated carbocycles. The molecule has 0 saturated heterocycles. The van der Waals surface area contributed by atoms with Gasteiger partial charge in [-0.3, -0.25) is 4.79 Å². The predicted molar refractivity (Wildman–Crippen MR) is 42.1 cm³/mol. The van der Waals surface area contributed by atoms with Crippen LogP contribution in [0.3, 0.4) is 0 Å². The Bertz CT molecular complexity index is 181. The molecule has 0 heterocycles. The smallest absolute Gasteiger partial charge is 0.305 e. The summed E-state index contributed by atoms with van der Waals surface area (Å²) in [6, 6.07) is 0. The molecule has 0 aromatic carbocycles. The molecule has 1 fully saturated rings. The van der Waals surface area contributed by atoms with Gasteiger partial charge in [0.2, 0.25) is 0 Å². The molecule has 1 rings (SSSR count). The van der Waals surface area contributed by atoms with Gasteiger partial charge in [-0.2, -0.15) is 0 Å². The van der Waals surface area contributed by atoms with Crippen molar-refractivity contribution < 1.29 is 9.90 Å². The summed E-state index contributed by atoms with van der Waals surface area (Å²) in [5.41, 5.74) is 5.43. The maximum Gasteiger partial charge on any atom is 0.305 e. The lowest BCUT2D eigenvalue weighted by atomic mass is 9.60. The first kappa shape index (κ1) is 8.53. The first-order valence-corrected chi connectivity index (χ1v) is 3.96. The fraction of sp³-hybridized carbons (Fsp3) is 0.875. The van der Waals surface area contributed by atoms with Gasteiger partial charge >= 0.3 is 5.97 Å². The van der Waals surface area contributed by atoms with Gasteiger partial charge in [0.1, 0.15) is 0 Å². The fourth-order valence-corrected chi connectivity index (χ4v) is 1.88. The molecular formula is C8H15NO2. The third-order valence-electron chi connectivity index (χ3n) is 2.94. The van der Waals surface area contributed by atoms with Gasteiger partial charge in [0.05, 0.1) is 6.42 Å². The zero-order valence-electron chi connectivity index (χ0n) is 7.00. The minimum atomic E-state index is -0.786. The van der Waals surface area contributed by atoms with Gasteiger partial charge in [-0.15, -0.1) is 0 Å². The lowest BCUT2D eigenvalue weighted by Crippen LogP contribution is -2.59. The van der Waals surface area contributed by atoms with Crippen molar-refractivity contribution >= 4 is 5.97 Å². The average molecular weight is 157 g/mol. The van der Waals surface area contributed by atoms with E-state index in [-0.39, 0.29) is 6.42 Å². The van der Waals surface area contributed by atoms with Gasteiger partial charge < -0.3 is 10.8 Å². The SMILES string of the molecule is CC1CC(N)(CC(=O)O)C1C. The quantitative estimate of drug-likeness (QED) is 0.624. The minimum Gasteiger partial charge on any atom is -0.481 e. The van der Waals surface area contributed by atoms with Crippen molar-refractivity contribution in [2.45, 2.75) is 32.2 Å². The molecule has 3 unspecified atom stereocenters. The maximum atomic E-state index is 10.4. The van der Waals surface area contributed by atoms with Crippen molar-refractivity contribution in [2.75, 3.05) is 0 Å². The van der Waals surface area contributed by atoms with Crippen LogP contribution in [0.25, 0.3) is 0 Å². The molecule has 11 heavy (non-hydrogen) atoms. The number of carbonyl (C=O) groups is 1. The Morgan fingerprint density at radius 3 is 2.55 bits per heavy atom. The number of hydrogen-bond donors (Lipinski definition) is 2. The highest BCUT2D eigenvalue weighted by molar-refractivity contribution is 5.68. The Morgan fingerprint density at radius 1 is 1.73 bits per heavy atom. The van der Waals surface area contributed by atoms with E-state index in [4.69, 9.17) is 10.8 Å². The van der Waals surface area contributed by atoms with Crippen LogP contribution in [-0.4, -0.2) is 16.6 Å². The standard InChI is InChI=1S/C8H15NO2/c1-5-3-8(9,6(5)2)4-7(10)11/h5-6H,3-4,9H2,1-2H3,(H,10,11). The number of carboxylic acid groups (broad SMARTS) is 1. The summed E-state index contributed by atoms with van der Waals surface area (Å²) in [6.07, 6.45) is 0.957. The van der Waals surface area contributed by atoms with E-state index in [0.717, 1.165) is 6.42 Å². The lowest BCUT2D eigenvalue weighted by molar-refractivity contribution is -0.141. The molecule has 3 N–H and O–H groups in total. The molecule has 3 heteroatoms. The van der Waals surface area contributed by atoms with Crippen molar-refractivity contribution in [2.24, 2.45) is 17.6 Å². The predicted octanol–water partition coefficient (Wildman–Crippen LogP) is 0.834. The van der Waals surface area contributed by atoms with E-state index in [0.29, 0.717) is 11.8 Å². The van der Waals surface area contributed by atoms with Crippen LogP contribution < -0.4 is 5.73 Å². The summed E-state index contributed by atoms with van der Waals surface area (Å²) in [6.45, 7) is 4.13. The summed E-state index contributed by atoms with van der Waals surface area (Å²) >= 11 is 0. The average Bonchev–Trinajstić information content (AvgIpc) is 1.85. The van der Waals surface area contributed by atoms with E-state index in [1.165, 1.54) is 0 Å². The Labute approximate surface area is 66.6 Å². The molecule has 0 aromatic rings. The number of rotatable bonds is 2. The van der Waals surface area contributed by atoms with E-state index in [1.807, 2.05) is 6.92 Å². The second-order valence-corrected chi connectivity index (χ2v) is 3.77. The molecular weight excluding hydrogens is 142 g/mol. The Kier molecular flexibility index (Phi) is 1.92. The maximum absolute atomic E-state index is 10.4. The third kappa shape index (κ3) is 1.38. The largest absolute Gasteiger partial charge is 0.481 e. The molecule has 3 nitrogen and oxygen atoms in total. The highest BCUT2D eigenvalue weighted by atomic mass is 16.4. The van der Waals surface area contributed by atoms with Crippen LogP contribution in [0.4, 0.5) is 0 Å². The Hall–Kier alpha value is -0.570. The van der Waals surface area contributed by atoms with Crippen molar-refractivity contribution in [1.29, 1.82) is 0 Å². The third-order valence-corrected chi connectivity index (χ3v) is 2.94. The summed E-state index contributed by atoms with van der Waals surface area (Å²) in [5, 5.41) is 8.54. The van der Waals surface area contributed by atoms with E-state index >= 15 is 0 Å². The zero-order valence-corrected chi connectivity index (χ0v) is 7.00. The molecule has 1 aliphatic carbocycles. The van der Waals surface area contributed by atoms with Gasteiger partial charge in [-0.25, -0.2) is 0 Å². The van der Waals surface area contributed by atoms with Crippen LogP contribution in [0.15, 0.2) is 0 Å². The normalized spacial score (nSPS) is 43.2. The minimum absolute atomic E-state index is 0.110. The summed E-state index contributed by atoms with van der Waals surface area (Å²) in [7, 11) is 0. The van der Waals surface area contributed by atoms with Gasteiger partial charge in [0, 0.05) is 5.54 Å².